The molecule has 1 N–H and O–H groups in total. The Kier molecular flexibility index (Phi) is 3.75. The number of aliphatic hydroxyl groups is 1. The molecule has 0 spiro atoms. The van der Waals surface area contributed by atoms with Crippen molar-refractivity contribution >= 4 is 0 Å². The predicted molar refractivity (Wildman–Crippen MR) is 60.7 cm³/mol. The maximum absolute atomic E-state index is 9.07. The fourth-order valence-corrected chi connectivity index (χ4v) is 2.21. The zero-order valence-corrected chi connectivity index (χ0v) is 10.8. The van der Waals surface area contributed by atoms with Crippen LogP contribution in [0.3, 0.4) is 0 Å². The highest BCUT2D eigenvalue weighted by Crippen LogP contribution is 2.44. The lowest BCUT2D eigenvalue weighted by molar-refractivity contribution is -0.0463. The van der Waals surface area contributed by atoms with E-state index in [1.807, 2.05) is 13.8 Å². The standard InChI is InChI=1S/C12H22O5/c1-11(6-13)9(16-11)4-5-10-12(2,17-10)7-15-8-14-3/h9-10,13H,4-8H2,1-3H3/t9-,10+,11-,12+/m0/s1. The lowest BCUT2D eigenvalue weighted by Crippen LogP contribution is -2.20. The Morgan fingerprint density at radius 3 is 2.24 bits per heavy atom. The third-order valence-electron chi connectivity index (χ3n) is 3.67. The van der Waals surface area contributed by atoms with E-state index in [0.717, 1.165) is 12.8 Å². The third-order valence-corrected chi connectivity index (χ3v) is 3.67. The van der Waals surface area contributed by atoms with Gasteiger partial charge in [-0.05, 0) is 26.7 Å². The number of rotatable bonds is 8. The summed E-state index contributed by atoms with van der Waals surface area (Å²) in [6.45, 7) is 4.95. The molecule has 0 aromatic carbocycles. The van der Waals surface area contributed by atoms with E-state index in [4.69, 9.17) is 24.1 Å². The van der Waals surface area contributed by atoms with Crippen molar-refractivity contribution in [3.05, 3.63) is 0 Å². The highest BCUT2D eigenvalue weighted by molar-refractivity contribution is 5.03. The average molecular weight is 246 g/mol. The van der Waals surface area contributed by atoms with Crippen LogP contribution in [0.5, 0.6) is 0 Å². The van der Waals surface area contributed by atoms with Crippen LogP contribution in [0.25, 0.3) is 0 Å². The molecule has 5 nitrogen and oxygen atoms in total. The summed E-state index contributed by atoms with van der Waals surface area (Å²) in [5.74, 6) is 0. The molecule has 2 rings (SSSR count). The van der Waals surface area contributed by atoms with E-state index < -0.39 is 0 Å². The second-order valence-corrected chi connectivity index (χ2v) is 5.33. The summed E-state index contributed by atoms with van der Waals surface area (Å²) in [5, 5.41) is 9.07. The summed E-state index contributed by atoms with van der Waals surface area (Å²) in [6, 6.07) is 0. The number of epoxide rings is 2. The smallest absolute Gasteiger partial charge is 0.146 e. The SMILES string of the molecule is COCOC[C@@]1(C)O[C@@H]1CC[C@@H]1O[C@@]1(C)CO. The number of ether oxygens (including phenoxy) is 4. The summed E-state index contributed by atoms with van der Waals surface area (Å²) >= 11 is 0. The zero-order chi connectivity index (χ0) is 12.5. The zero-order valence-electron chi connectivity index (χ0n) is 10.8. The molecule has 0 bridgehead atoms. The Morgan fingerprint density at radius 1 is 1.12 bits per heavy atom. The lowest BCUT2D eigenvalue weighted by atomic mass is 10.00. The van der Waals surface area contributed by atoms with Crippen LogP contribution >= 0.6 is 0 Å². The van der Waals surface area contributed by atoms with Gasteiger partial charge in [0.25, 0.3) is 0 Å². The van der Waals surface area contributed by atoms with Crippen LogP contribution < -0.4 is 0 Å². The Morgan fingerprint density at radius 2 is 1.71 bits per heavy atom. The minimum absolute atomic E-state index is 0.0947. The molecule has 17 heavy (non-hydrogen) atoms. The van der Waals surface area contributed by atoms with Gasteiger partial charge >= 0.3 is 0 Å². The monoisotopic (exact) mass is 246 g/mol. The third kappa shape index (κ3) is 2.98. The second kappa shape index (κ2) is 4.82. The Balaban J connectivity index is 1.60. The first-order valence-corrected chi connectivity index (χ1v) is 6.07. The van der Waals surface area contributed by atoms with Gasteiger partial charge in [-0.25, -0.2) is 0 Å². The summed E-state index contributed by atoms with van der Waals surface area (Å²) < 4.78 is 21.2. The van der Waals surface area contributed by atoms with E-state index in [9.17, 15) is 0 Å². The maximum Gasteiger partial charge on any atom is 0.146 e. The molecular formula is C12H22O5. The molecule has 4 atom stereocenters. The van der Waals surface area contributed by atoms with Crippen molar-refractivity contribution in [3.8, 4) is 0 Å². The van der Waals surface area contributed by atoms with Gasteiger partial charge in [0.2, 0.25) is 0 Å². The summed E-state index contributed by atoms with van der Waals surface area (Å²) in [4.78, 5) is 0. The van der Waals surface area contributed by atoms with Crippen LogP contribution in [0, 0.1) is 0 Å². The van der Waals surface area contributed by atoms with Gasteiger partial charge in [0.05, 0.1) is 25.4 Å². The molecule has 0 amide bonds. The van der Waals surface area contributed by atoms with Crippen LogP contribution in [-0.4, -0.2) is 55.6 Å². The second-order valence-electron chi connectivity index (χ2n) is 5.33. The van der Waals surface area contributed by atoms with E-state index in [-0.39, 0.29) is 30.0 Å². The van der Waals surface area contributed by atoms with Crippen molar-refractivity contribution in [2.45, 2.75) is 50.1 Å². The van der Waals surface area contributed by atoms with Crippen LogP contribution in [-0.2, 0) is 18.9 Å². The lowest BCUT2D eigenvalue weighted by Gasteiger charge is -2.06. The van der Waals surface area contributed by atoms with Gasteiger partial charge in [0.1, 0.15) is 18.0 Å². The number of hydrogen-bond acceptors (Lipinski definition) is 5. The van der Waals surface area contributed by atoms with Gasteiger partial charge in [-0.15, -0.1) is 0 Å². The molecule has 0 saturated carbocycles. The quantitative estimate of drug-likeness (QED) is 0.388. The van der Waals surface area contributed by atoms with Crippen LogP contribution in [0.15, 0.2) is 0 Å². The molecule has 100 valence electrons. The van der Waals surface area contributed by atoms with Crippen LogP contribution in [0.2, 0.25) is 0 Å². The van der Waals surface area contributed by atoms with E-state index >= 15 is 0 Å². The molecule has 0 unspecified atom stereocenters. The molecule has 0 aromatic heterocycles. The largest absolute Gasteiger partial charge is 0.393 e. The van der Waals surface area contributed by atoms with Crippen molar-refractivity contribution in [1.29, 1.82) is 0 Å². The molecule has 2 saturated heterocycles. The van der Waals surface area contributed by atoms with Gasteiger partial charge in [0.15, 0.2) is 0 Å². The van der Waals surface area contributed by atoms with Crippen LogP contribution in [0.4, 0.5) is 0 Å². The highest BCUT2D eigenvalue weighted by atomic mass is 16.7. The van der Waals surface area contributed by atoms with Crippen molar-refractivity contribution < 1.29 is 24.1 Å². The fraction of sp³-hybridized carbons (Fsp3) is 1.00. The molecule has 2 fully saturated rings. The molecule has 0 aliphatic carbocycles. The first-order valence-electron chi connectivity index (χ1n) is 6.07. The van der Waals surface area contributed by atoms with E-state index in [0.29, 0.717) is 13.4 Å². The molecule has 2 heterocycles. The van der Waals surface area contributed by atoms with Gasteiger partial charge < -0.3 is 24.1 Å². The molecular weight excluding hydrogens is 224 g/mol. The Labute approximate surface area is 102 Å². The summed E-state index contributed by atoms with van der Waals surface area (Å²) in [6.07, 6.45) is 2.31. The number of aliphatic hydroxyl groups excluding tert-OH is 1. The molecule has 0 radical (unpaired) electrons. The maximum atomic E-state index is 9.07. The van der Waals surface area contributed by atoms with Crippen LogP contribution in [0.1, 0.15) is 26.7 Å². The fourth-order valence-electron chi connectivity index (χ4n) is 2.21. The average Bonchev–Trinajstić information content (AvgIpc) is 3.15. The molecule has 5 heteroatoms. The van der Waals surface area contributed by atoms with Gasteiger partial charge in [0, 0.05) is 7.11 Å². The van der Waals surface area contributed by atoms with Gasteiger partial charge in [-0.1, -0.05) is 0 Å². The van der Waals surface area contributed by atoms with Crippen molar-refractivity contribution in [2.24, 2.45) is 0 Å². The van der Waals surface area contributed by atoms with E-state index in [1.165, 1.54) is 0 Å². The first-order chi connectivity index (χ1) is 8.04. The number of hydrogen-bond donors (Lipinski definition) is 1. The first kappa shape index (κ1) is 13.2. The summed E-state index contributed by atoms with van der Waals surface area (Å²) in [7, 11) is 1.60. The molecule has 0 aromatic rings. The Bertz CT molecular complexity index is 272. The number of methoxy groups -OCH3 is 1. The van der Waals surface area contributed by atoms with Gasteiger partial charge in [-0.3, -0.25) is 0 Å². The van der Waals surface area contributed by atoms with Gasteiger partial charge in [-0.2, -0.15) is 0 Å². The van der Waals surface area contributed by atoms with Crippen molar-refractivity contribution in [2.75, 3.05) is 27.1 Å². The normalized spacial score (nSPS) is 43.8. The topological polar surface area (TPSA) is 63.8 Å². The van der Waals surface area contributed by atoms with E-state index in [1.54, 1.807) is 7.11 Å². The van der Waals surface area contributed by atoms with Crippen molar-refractivity contribution in [1.82, 2.24) is 0 Å². The minimum Gasteiger partial charge on any atom is -0.393 e. The van der Waals surface area contributed by atoms with E-state index in [2.05, 4.69) is 0 Å². The molecule has 2 aliphatic heterocycles. The summed E-state index contributed by atoms with van der Waals surface area (Å²) in [5.41, 5.74) is -0.471. The predicted octanol–water partition coefficient (Wildman–Crippen LogP) is 0.694. The Hall–Kier alpha value is -0.200. The molecule has 2 aliphatic rings. The minimum atomic E-state index is -0.308. The van der Waals surface area contributed by atoms with Crippen molar-refractivity contribution in [3.63, 3.8) is 0 Å². The highest BCUT2D eigenvalue weighted by Gasteiger charge is 2.56.